The van der Waals surface area contributed by atoms with Crippen molar-refractivity contribution in [2.24, 2.45) is 5.18 Å². The Balaban J connectivity index is 1.87. The number of nitroso groups, excluding NO2 is 1. The van der Waals surface area contributed by atoms with Crippen LogP contribution in [0.3, 0.4) is 0 Å². The third-order valence-electron chi connectivity index (χ3n) is 4.04. The van der Waals surface area contributed by atoms with Gasteiger partial charge in [-0.15, -0.1) is 4.91 Å². The number of hydrogen-bond acceptors (Lipinski definition) is 6. The number of rotatable bonds is 6. The lowest BCUT2D eigenvalue weighted by Gasteiger charge is -2.19. The van der Waals surface area contributed by atoms with Crippen LogP contribution in [0, 0.1) is 20.1 Å². The lowest BCUT2D eigenvalue weighted by atomic mass is 10.2. The van der Waals surface area contributed by atoms with Gasteiger partial charge >= 0.3 is 6.09 Å². The molecule has 3 rings (SSSR count). The molecular weight excluding hydrogens is 547 g/mol. The molecule has 0 aliphatic carbocycles. The molecule has 0 heterocycles. The van der Waals surface area contributed by atoms with E-state index in [0.29, 0.717) is 9.26 Å². The van der Waals surface area contributed by atoms with Gasteiger partial charge in [0.05, 0.1) is 11.4 Å². The van der Waals surface area contributed by atoms with Gasteiger partial charge in [-0.05, 0) is 84.9 Å². The number of nitrogens with one attached hydrogen (secondary N) is 2. The Labute approximate surface area is 202 Å². The standard InChI is InChI=1S/C23H20F2IN3O4/c1-23(2,3)33-22(30)27-15-5-4-6-16(12-15)32-20-10-13(24)9-19(21(20)29-31)28-18-8-7-14(26)11-17(18)25/h4-12,28H,1-3H3,(H,27,30). The number of anilines is 3. The minimum atomic E-state index is -0.728. The van der Waals surface area contributed by atoms with Crippen LogP contribution in [0.4, 0.5) is 36.3 Å². The second-order valence-corrected chi connectivity index (χ2v) is 9.14. The average molecular weight is 567 g/mol. The van der Waals surface area contributed by atoms with Gasteiger partial charge in [0, 0.05) is 21.4 Å². The van der Waals surface area contributed by atoms with Crippen LogP contribution in [0.1, 0.15) is 20.8 Å². The SMILES string of the molecule is CC(C)(C)OC(=O)Nc1cccc(Oc2cc(F)cc(Nc3ccc(I)cc3F)c2N=O)c1. The number of carbonyl (C=O) groups is 1. The van der Waals surface area contributed by atoms with Crippen LogP contribution in [0.2, 0.25) is 0 Å². The molecule has 0 saturated carbocycles. The van der Waals surface area contributed by atoms with Crippen LogP contribution < -0.4 is 15.4 Å². The average Bonchev–Trinajstić information content (AvgIpc) is 2.69. The van der Waals surface area contributed by atoms with Crippen molar-refractivity contribution in [2.75, 3.05) is 10.6 Å². The first-order valence-electron chi connectivity index (χ1n) is 9.71. The van der Waals surface area contributed by atoms with E-state index in [-0.39, 0.29) is 28.6 Å². The van der Waals surface area contributed by atoms with Crippen LogP contribution in [-0.2, 0) is 4.74 Å². The van der Waals surface area contributed by atoms with Crippen LogP contribution >= 0.6 is 22.6 Å². The molecule has 0 atom stereocenters. The molecule has 0 radical (unpaired) electrons. The Bertz CT molecular complexity index is 1200. The summed E-state index contributed by atoms with van der Waals surface area (Å²) >= 11 is 1.96. The number of nitrogens with zero attached hydrogens (tertiary/aromatic N) is 1. The Kier molecular flexibility index (Phi) is 7.46. The molecule has 0 bridgehead atoms. The van der Waals surface area contributed by atoms with E-state index in [0.717, 1.165) is 12.1 Å². The van der Waals surface area contributed by atoms with Gasteiger partial charge in [0.1, 0.15) is 23.0 Å². The summed E-state index contributed by atoms with van der Waals surface area (Å²) in [5, 5.41) is 8.19. The molecule has 1 amide bonds. The van der Waals surface area contributed by atoms with Crippen LogP contribution in [0.5, 0.6) is 11.5 Å². The number of hydrogen-bond donors (Lipinski definition) is 2. The zero-order valence-electron chi connectivity index (χ0n) is 17.9. The molecule has 7 nitrogen and oxygen atoms in total. The third kappa shape index (κ3) is 6.85. The normalized spacial score (nSPS) is 11.0. The Morgan fingerprint density at radius 3 is 2.45 bits per heavy atom. The molecule has 0 fully saturated rings. The van der Waals surface area contributed by atoms with E-state index in [1.807, 2.05) is 22.6 Å². The van der Waals surface area contributed by atoms with E-state index in [1.165, 1.54) is 18.2 Å². The maximum Gasteiger partial charge on any atom is 0.412 e. The number of amides is 1. The molecule has 10 heteroatoms. The van der Waals surface area contributed by atoms with Crippen molar-refractivity contribution in [2.45, 2.75) is 26.4 Å². The van der Waals surface area contributed by atoms with Gasteiger partial charge in [0.2, 0.25) is 0 Å². The molecule has 0 spiro atoms. The van der Waals surface area contributed by atoms with Crippen molar-refractivity contribution in [3.63, 3.8) is 0 Å². The smallest absolute Gasteiger partial charge is 0.412 e. The summed E-state index contributed by atoms with van der Waals surface area (Å²) in [6, 6.07) is 12.6. The molecule has 0 aliphatic heterocycles. The largest absolute Gasteiger partial charge is 0.455 e. The van der Waals surface area contributed by atoms with E-state index < -0.39 is 23.3 Å². The fourth-order valence-electron chi connectivity index (χ4n) is 2.76. The van der Waals surface area contributed by atoms with E-state index in [2.05, 4.69) is 15.8 Å². The monoisotopic (exact) mass is 567 g/mol. The zero-order chi connectivity index (χ0) is 24.2. The fraction of sp³-hybridized carbons (Fsp3) is 0.174. The fourth-order valence-corrected chi connectivity index (χ4v) is 3.22. The predicted molar refractivity (Wildman–Crippen MR) is 131 cm³/mol. The maximum absolute atomic E-state index is 14.3. The van der Waals surface area contributed by atoms with Crippen LogP contribution in [0.25, 0.3) is 0 Å². The third-order valence-corrected chi connectivity index (χ3v) is 4.71. The first kappa shape index (κ1) is 24.4. The van der Waals surface area contributed by atoms with Crippen molar-refractivity contribution in [3.05, 3.63) is 74.7 Å². The van der Waals surface area contributed by atoms with Gasteiger partial charge in [-0.25, -0.2) is 13.6 Å². The highest BCUT2D eigenvalue weighted by Gasteiger charge is 2.18. The molecule has 0 unspecified atom stereocenters. The Morgan fingerprint density at radius 1 is 1.03 bits per heavy atom. The lowest BCUT2D eigenvalue weighted by Crippen LogP contribution is -2.27. The number of carbonyl (C=O) groups excluding carboxylic acids is 1. The van der Waals surface area contributed by atoms with Crippen LogP contribution in [-0.4, -0.2) is 11.7 Å². The molecule has 3 aromatic carbocycles. The van der Waals surface area contributed by atoms with Gasteiger partial charge in [0.15, 0.2) is 11.4 Å². The van der Waals surface area contributed by atoms with Crippen molar-refractivity contribution in [3.8, 4) is 11.5 Å². The van der Waals surface area contributed by atoms with Gasteiger partial charge in [0.25, 0.3) is 0 Å². The Morgan fingerprint density at radius 2 is 1.79 bits per heavy atom. The van der Waals surface area contributed by atoms with Crippen molar-refractivity contribution in [1.82, 2.24) is 0 Å². The predicted octanol–water partition coefficient (Wildman–Crippen LogP) is 7.85. The molecular formula is C23H20F2IN3O4. The zero-order valence-corrected chi connectivity index (χ0v) is 20.1. The van der Waals surface area contributed by atoms with E-state index in [9.17, 15) is 18.5 Å². The summed E-state index contributed by atoms with van der Waals surface area (Å²) in [6.45, 7) is 5.20. The second-order valence-electron chi connectivity index (χ2n) is 7.90. The summed E-state index contributed by atoms with van der Waals surface area (Å²) in [5.74, 6) is -1.29. The topological polar surface area (TPSA) is 89.0 Å². The molecule has 2 N–H and O–H groups in total. The maximum atomic E-state index is 14.3. The van der Waals surface area contributed by atoms with Crippen molar-refractivity contribution < 1.29 is 23.0 Å². The highest BCUT2D eigenvalue weighted by atomic mass is 127. The van der Waals surface area contributed by atoms with Crippen molar-refractivity contribution >= 4 is 51.4 Å². The minimum absolute atomic E-state index is 0.0421. The van der Waals surface area contributed by atoms with E-state index in [4.69, 9.17) is 9.47 Å². The molecule has 0 saturated heterocycles. The highest BCUT2D eigenvalue weighted by Crippen LogP contribution is 2.41. The quantitative estimate of drug-likeness (QED) is 0.234. The summed E-state index contributed by atoms with van der Waals surface area (Å²) in [5.41, 5.74) is -0.592. The molecule has 172 valence electrons. The van der Waals surface area contributed by atoms with Gasteiger partial charge in [-0.3, -0.25) is 5.32 Å². The van der Waals surface area contributed by atoms with Gasteiger partial charge < -0.3 is 14.8 Å². The number of halogens is 3. The highest BCUT2D eigenvalue weighted by molar-refractivity contribution is 14.1. The molecule has 0 aromatic heterocycles. The summed E-state index contributed by atoms with van der Waals surface area (Å²) < 4.78 is 40.1. The molecule has 33 heavy (non-hydrogen) atoms. The number of benzene rings is 3. The summed E-state index contributed by atoms with van der Waals surface area (Å²) in [4.78, 5) is 23.6. The van der Waals surface area contributed by atoms with Gasteiger partial charge in [-0.1, -0.05) is 6.07 Å². The minimum Gasteiger partial charge on any atom is -0.455 e. The molecule has 0 aliphatic rings. The second kappa shape index (κ2) is 10.1. The summed E-state index contributed by atoms with van der Waals surface area (Å²) in [6.07, 6.45) is -0.660. The van der Waals surface area contributed by atoms with E-state index >= 15 is 0 Å². The lowest BCUT2D eigenvalue weighted by molar-refractivity contribution is 0.0636. The number of ether oxygens (including phenoxy) is 2. The summed E-state index contributed by atoms with van der Waals surface area (Å²) in [7, 11) is 0. The molecule has 3 aromatic rings. The first-order chi connectivity index (χ1) is 15.5. The first-order valence-corrected chi connectivity index (χ1v) is 10.8. The van der Waals surface area contributed by atoms with E-state index in [1.54, 1.807) is 45.0 Å². The van der Waals surface area contributed by atoms with Crippen molar-refractivity contribution in [1.29, 1.82) is 0 Å². The van der Waals surface area contributed by atoms with Crippen LogP contribution in [0.15, 0.2) is 59.8 Å². The Hall–Kier alpha value is -3.28. The van der Waals surface area contributed by atoms with Gasteiger partial charge in [-0.2, -0.15) is 0 Å².